The van der Waals surface area contributed by atoms with Gasteiger partial charge < -0.3 is 5.73 Å². The van der Waals surface area contributed by atoms with E-state index >= 15 is 0 Å². The van der Waals surface area contributed by atoms with Crippen LogP contribution in [0.3, 0.4) is 0 Å². The van der Waals surface area contributed by atoms with Gasteiger partial charge in [-0.2, -0.15) is 0 Å². The lowest BCUT2D eigenvalue weighted by Gasteiger charge is -2.19. The van der Waals surface area contributed by atoms with E-state index in [1.165, 1.54) is 11.5 Å². The molecular weight excluding hydrogens is 182 g/mol. The predicted octanol–water partition coefficient (Wildman–Crippen LogP) is 2.36. The first-order chi connectivity index (χ1) is 5.99. The van der Waals surface area contributed by atoms with Crippen molar-refractivity contribution in [1.29, 1.82) is 0 Å². The minimum absolute atomic E-state index is 0.0537. The molecule has 3 nitrogen and oxygen atoms in total. The fourth-order valence-electron chi connectivity index (χ4n) is 1.07. The van der Waals surface area contributed by atoms with Crippen molar-refractivity contribution in [2.45, 2.75) is 39.7 Å². The molecule has 1 aromatic rings. The standard InChI is InChI=1S/C9H17N3S/c1-9(2,3)5-4-7(10)8-6-13-12-11-8/h6-7H,4-5,10H2,1-3H3. The molecule has 0 amide bonds. The van der Waals surface area contributed by atoms with Crippen LogP contribution in [-0.2, 0) is 0 Å². The highest BCUT2D eigenvalue weighted by molar-refractivity contribution is 7.03. The van der Waals surface area contributed by atoms with Gasteiger partial charge in [-0.25, -0.2) is 0 Å². The summed E-state index contributed by atoms with van der Waals surface area (Å²) in [4.78, 5) is 0. The number of nitrogens with zero attached hydrogens (tertiary/aromatic N) is 2. The summed E-state index contributed by atoms with van der Waals surface area (Å²) >= 11 is 1.36. The Balaban J connectivity index is 2.39. The molecule has 13 heavy (non-hydrogen) atoms. The summed E-state index contributed by atoms with van der Waals surface area (Å²) in [5.41, 5.74) is 7.22. The number of hydrogen-bond acceptors (Lipinski definition) is 4. The van der Waals surface area contributed by atoms with Gasteiger partial charge in [0.2, 0.25) is 0 Å². The molecule has 1 aromatic heterocycles. The Morgan fingerprint density at radius 1 is 1.54 bits per heavy atom. The van der Waals surface area contributed by atoms with Crippen LogP contribution in [0.25, 0.3) is 0 Å². The van der Waals surface area contributed by atoms with Crippen LogP contribution in [0.15, 0.2) is 5.38 Å². The maximum atomic E-state index is 5.95. The van der Waals surface area contributed by atoms with Crippen LogP contribution >= 0.6 is 11.5 Å². The summed E-state index contributed by atoms with van der Waals surface area (Å²) in [5, 5.41) is 5.88. The molecule has 0 fully saturated rings. The second-order valence-electron chi connectivity index (χ2n) is 4.54. The quantitative estimate of drug-likeness (QED) is 0.813. The molecule has 0 radical (unpaired) electrons. The molecule has 4 heteroatoms. The SMILES string of the molecule is CC(C)(C)CCC(N)c1csnn1. The Kier molecular flexibility index (Phi) is 3.39. The Morgan fingerprint density at radius 2 is 2.23 bits per heavy atom. The zero-order valence-electron chi connectivity index (χ0n) is 8.45. The van der Waals surface area contributed by atoms with Crippen molar-refractivity contribution in [2.24, 2.45) is 11.1 Å². The highest BCUT2D eigenvalue weighted by atomic mass is 32.1. The van der Waals surface area contributed by atoms with Gasteiger partial charge in [-0.05, 0) is 29.8 Å². The summed E-state index contributed by atoms with van der Waals surface area (Å²) in [5.74, 6) is 0. The number of nitrogens with two attached hydrogens (primary N) is 1. The maximum absolute atomic E-state index is 5.95. The first kappa shape index (κ1) is 10.6. The Hall–Kier alpha value is -0.480. The third-order valence-electron chi connectivity index (χ3n) is 1.96. The smallest absolute Gasteiger partial charge is 0.0922 e. The topological polar surface area (TPSA) is 51.8 Å². The zero-order chi connectivity index (χ0) is 9.90. The third-order valence-corrected chi connectivity index (χ3v) is 2.48. The van der Waals surface area contributed by atoms with E-state index < -0.39 is 0 Å². The van der Waals surface area contributed by atoms with Gasteiger partial charge in [0.05, 0.1) is 5.69 Å². The van der Waals surface area contributed by atoms with Crippen molar-refractivity contribution in [3.63, 3.8) is 0 Å². The second-order valence-corrected chi connectivity index (χ2v) is 5.15. The van der Waals surface area contributed by atoms with E-state index in [-0.39, 0.29) is 6.04 Å². The van der Waals surface area contributed by atoms with E-state index in [4.69, 9.17) is 5.73 Å². The van der Waals surface area contributed by atoms with Crippen LogP contribution in [0.1, 0.15) is 45.3 Å². The van der Waals surface area contributed by atoms with Crippen LogP contribution < -0.4 is 5.73 Å². The van der Waals surface area contributed by atoms with Crippen LogP contribution in [0.4, 0.5) is 0 Å². The van der Waals surface area contributed by atoms with Crippen LogP contribution in [0.5, 0.6) is 0 Å². The monoisotopic (exact) mass is 199 g/mol. The fourth-order valence-corrected chi connectivity index (χ4v) is 1.59. The lowest BCUT2D eigenvalue weighted by molar-refractivity contribution is 0.348. The highest BCUT2D eigenvalue weighted by Crippen LogP contribution is 2.25. The van der Waals surface area contributed by atoms with Gasteiger partial charge in [0, 0.05) is 11.4 Å². The molecule has 1 heterocycles. The van der Waals surface area contributed by atoms with Gasteiger partial charge >= 0.3 is 0 Å². The van der Waals surface area contributed by atoms with Gasteiger partial charge in [-0.1, -0.05) is 25.3 Å². The van der Waals surface area contributed by atoms with Crippen LogP contribution in [0.2, 0.25) is 0 Å². The minimum Gasteiger partial charge on any atom is -0.323 e. The van der Waals surface area contributed by atoms with Crippen molar-refractivity contribution in [3.8, 4) is 0 Å². The van der Waals surface area contributed by atoms with Gasteiger partial charge in [0.15, 0.2) is 0 Å². The first-order valence-corrected chi connectivity index (χ1v) is 5.35. The molecule has 0 saturated carbocycles. The van der Waals surface area contributed by atoms with Crippen LogP contribution in [0, 0.1) is 5.41 Å². The number of hydrogen-bond donors (Lipinski definition) is 1. The minimum atomic E-state index is 0.0537. The van der Waals surface area contributed by atoms with Crippen molar-refractivity contribution in [1.82, 2.24) is 9.59 Å². The molecule has 0 bridgehead atoms. The van der Waals surface area contributed by atoms with E-state index in [9.17, 15) is 0 Å². The Labute approximate surface area is 83.5 Å². The normalized spacial score (nSPS) is 14.5. The summed E-state index contributed by atoms with van der Waals surface area (Å²) < 4.78 is 3.80. The Bertz CT molecular complexity index is 238. The van der Waals surface area contributed by atoms with E-state index in [0.717, 1.165) is 18.5 Å². The highest BCUT2D eigenvalue weighted by Gasteiger charge is 2.15. The zero-order valence-corrected chi connectivity index (χ0v) is 9.27. The number of aromatic nitrogens is 2. The summed E-state index contributed by atoms with van der Waals surface area (Å²) in [7, 11) is 0. The largest absolute Gasteiger partial charge is 0.323 e. The maximum Gasteiger partial charge on any atom is 0.0922 e. The molecule has 0 spiro atoms. The van der Waals surface area contributed by atoms with Crippen molar-refractivity contribution in [2.75, 3.05) is 0 Å². The number of rotatable bonds is 3. The molecule has 74 valence electrons. The Morgan fingerprint density at radius 3 is 2.69 bits per heavy atom. The molecule has 1 rings (SSSR count). The molecular formula is C9H17N3S. The van der Waals surface area contributed by atoms with E-state index in [2.05, 4.69) is 30.4 Å². The molecule has 0 aromatic carbocycles. The van der Waals surface area contributed by atoms with E-state index in [0.29, 0.717) is 5.41 Å². The average molecular weight is 199 g/mol. The van der Waals surface area contributed by atoms with Crippen LogP contribution in [-0.4, -0.2) is 9.59 Å². The lowest BCUT2D eigenvalue weighted by atomic mass is 9.88. The second kappa shape index (κ2) is 4.15. The molecule has 0 aliphatic carbocycles. The molecule has 0 aliphatic heterocycles. The van der Waals surface area contributed by atoms with Crippen molar-refractivity contribution in [3.05, 3.63) is 11.1 Å². The van der Waals surface area contributed by atoms with Crippen molar-refractivity contribution < 1.29 is 0 Å². The van der Waals surface area contributed by atoms with Gasteiger partial charge in [-0.15, -0.1) is 5.10 Å². The summed E-state index contributed by atoms with van der Waals surface area (Å²) in [6.45, 7) is 6.66. The van der Waals surface area contributed by atoms with E-state index in [1.807, 2.05) is 5.38 Å². The van der Waals surface area contributed by atoms with Gasteiger partial charge in [-0.3, -0.25) is 0 Å². The lowest BCUT2D eigenvalue weighted by Crippen LogP contribution is -2.15. The van der Waals surface area contributed by atoms with E-state index in [1.54, 1.807) is 0 Å². The molecule has 0 saturated heterocycles. The predicted molar refractivity (Wildman–Crippen MR) is 55.5 cm³/mol. The van der Waals surface area contributed by atoms with Gasteiger partial charge in [0.25, 0.3) is 0 Å². The average Bonchev–Trinajstić information content (AvgIpc) is 2.50. The molecule has 1 unspecified atom stereocenters. The molecule has 2 N–H and O–H groups in total. The first-order valence-electron chi connectivity index (χ1n) is 4.51. The molecule has 1 atom stereocenters. The fraction of sp³-hybridized carbons (Fsp3) is 0.778. The van der Waals surface area contributed by atoms with Crippen molar-refractivity contribution >= 4 is 11.5 Å². The summed E-state index contributed by atoms with van der Waals surface area (Å²) in [6.07, 6.45) is 2.10. The van der Waals surface area contributed by atoms with Gasteiger partial charge in [0.1, 0.15) is 0 Å². The summed E-state index contributed by atoms with van der Waals surface area (Å²) in [6, 6.07) is 0.0537. The molecule has 0 aliphatic rings. The third kappa shape index (κ3) is 3.83.